The van der Waals surface area contributed by atoms with Crippen LogP contribution in [0.25, 0.3) is 0 Å². The zero-order valence-electron chi connectivity index (χ0n) is 15.0. The summed E-state index contributed by atoms with van der Waals surface area (Å²) >= 11 is 0. The summed E-state index contributed by atoms with van der Waals surface area (Å²) in [5, 5.41) is 7.52. The second-order valence-electron chi connectivity index (χ2n) is 6.46. The lowest BCUT2D eigenvalue weighted by molar-refractivity contribution is 0.679. The topological polar surface area (TPSA) is 24.1 Å². The quantitative estimate of drug-likeness (QED) is 0.410. The Morgan fingerprint density at radius 2 is 0.667 bits per heavy atom. The Morgan fingerprint density at radius 1 is 0.370 bits per heavy atom. The molecule has 2 N–H and O–H groups in total. The molecule has 0 saturated heterocycles. The van der Waals surface area contributed by atoms with Gasteiger partial charge in [-0.15, -0.1) is 0 Å². The van der Waals surface area contributed by atoms with Gasteiger partial charge in [0.1, 0.15) is 0 Å². The molecule has 132 valence electrons. The number of nitrogens with one attached hydrogen (secondary N) is 2. The summed E-state index contributed by atoms with van der Waals surface area (Å²) in [7, 11) is 0. The number of anilines is 2. The van der Waals surface area contributed by atoms with E-state index in [1.54, 1.807) is 0 Å². The van der Waals surface area contributed by atoms with E-state index in [0.717, 1.165) is 22.5 Å². The van der Waals surface area contributed by atoms with Crippen molar-refractivity contribution in [2.24, 2.45) is 0 Å². The lowest BCUT2D eigenvalue weighted by Crippen LogP contribution is -2.44. The van der Waals surface area contributed by atoms with Gasteiger partial charge in [-0.3, -0.25) is 0 Å². The van der Waals surface area contributed by atoms with Gasteiger partial charge < -0.3 is 10.6 Å². The van der Waals surface area contributed by atoms with Gasteiger partial charge in [0.15, 0.2) is 5.66 Å². The largest absolute Gasteiger partial charge is 0.355 e. The normalized spacial score (nSPS) is 11.0. The van der Waals surface area contributed by atoms with Gasteiger partial charge in [0.05, 0.1) is 0 Å². The van der Waals surface area contributed by atoms with Crippen LogP contribution in [0.5, 0.6) is 0 Å². The molecule has 0 aliphatic rings. The van der Waals surface area contributed by atoms with Gasteiger partial charge >= 0.3 is 0 Å². The third-order valence-electron chi connectivity index (χ3n) is 4.62. The van der Waals surface area contributed by atoms with Gasteiger partial charge in [0, 0.05) is 22.5 Å². The Labute approximate surface area is 160 Å². The molecule has 0 heterocycles. The lowest BCUT2D eigenvalue weighted by Gasteiger charge is -2.38. The number of benzene rings is 4. The van der Waals surface area contributed by atoms with Gasteiger partial charge in [-0.05, 0) is 24.3 Å². The summed E-state index contributed by atoms with van der Waals surface area (Å²) in [6, 6.07) is 41.6. The molecule has 0 spiro atoms. The van der Waals surface area contributed by atoms with E-state index in [9.17, 15) is 0 Å². The Bertz CT molecular complexity index is 869. The first-order valence-electron chi connectivity index (χ1n) is 9.14. The third kappa shape index (κ3) is 3.70. The van der Waals surface area contributed by atoms with Crippen LogP contribution in [-0.4, -0.2) is 0 Å². The van der Waals surface area contributed by atoms with Gasteiger partial charge in [0.2, 0.25) is 0 Å². The van der Waals surface area contributed by atoms with Crippen molar-refractivity contribution in [2.75, 3.05) is 10.6 Å². The van der Waals surface area contributed by atoms with Crippen molar-refractivity contribution < 1.29 is 0 Å². The van der Waals surface area contributed by atoms with Crippen molar-refractivity contribution in [3.05, 3.63) is 132 Å². The highest BCUT2D eigenvalue weighted by Gasteiger charge is 2.34. The molecule has 0 fully saturated rings. The first-order valence-corrected chi connectivity index (χ1v) is 9.14. The van der Waals surface area contributed by atoms with E-state index < -0.39 is 5.66 Å². The van der Waals surface area contributed by atoms with Crippen molar-refractivity contribution >= 4 is 11.4 Å². The van der Waals surface area contributed by atoms with Crippen molar-refractivity contribution in [1.82, 2.24) is 0 Å². The molecule has 0 atom stereocenters. The maximum absolute atomic E-state index is 3.76. The Morgan fingerprint density at radius 3 is 1.00 bits per heavy atom. The standard InChI is InChI=1S/C25H22N2/c1-5-13-21(14-6-1)25(22-15-7-2-8-16-22,26-23-17-9-3-10-18-23)27-24-19-11-4-12-20-24/h1-20,26-27H. The molecular formula is C25H22N2. The molecule has 0 saturated carbocycles. The van der Waals surface area contributed by atoms with E-state index in [1.807, 2.05) is 48.5 Å². The van der Waals surface area contributed by atoms with Crippen molar-refractivity contribution in [3.8, 4) is 0 Å². The van der Waals surface area contributed by atoms with Crippen molar-refractivity contribution in [2.45, 2.75) is 5.66 Å². The third-order valence-corrected chi connectivity index (χ3v) is 4.62. The van der Waals surface area contributed by atoms with Gasteiger partial charge in [-0.2, -0.15) is 0 Å². The first-order chi connectivity index (χ1) is 13.4. The molecule has 27 heavy (non-hydrogen) atoms. The van der Waals surface area contributed by atoms with E-state index in [4.69, 9.17) is 0 Å². The van der Waals surface area contributed by atoms with E-state index in [2.05, 4.69) is 83.4 Å². The summed E-state index contributed by atoms with van der Waals surface area (Å²) in [6.45, 7) is 0. The molecular weight excluding hydrogens is 328 g/mol. The second kappa shape index (κ2) is 7.79. The van der Waals surface area contributed by atoms with Crippen LogP contribution in [-0.2, 0) is 5.66 Å². The second-order valence-corrected chi connectivity index (χ2v) is 6.46. The Kier molecular flexibility index (Phi) is 4.88. The maximum atomic E-state index is 3.76. The molecule has 0 aromatic heterocycles. The molecule has 0 amide bonds. The summed E-state index contributed by atoms with van der Waals surface area (Å²) in [5.74, 6) is 0. The zero-order chi connectivity index (χ0) is 18.4. The van der Waals surface area contributed by atoms with Crippen LogP contribution in [0, 0.1) is 0 Å². The summed E-state index contributed by atoms with van der Waals surface area (Å²) in [6.07, 6.45) is 0. The number of para-hydroxylation sites is 2. The maximum Gasteiger partial charge on any atom is 0.161 e. The summed E-state index contributed by atoms with van der Waals surface area (Å²) in [4.78, 5) is 0. The van der Waals surface area contributed by atoms with E-state index in [-0.39, 0.29) is 0 Å². The summed E-state index contributed by atoms with van der Waals surface area (Å²) in [5.41, 5.74) is 3.78. The predicted octanol–water partition coefficient (Wildman–Crippen LogP) is 6.11. The number of hydrogen-bond acceptors (Lipinski definition) is 2. The average Bonchev–Trinajstić information content (AvgIpc) is 2.76. The molecule has 0 aliphatic heterocycles. The van der Waals surface area contributed by atoms with Crippen LogP contribution in [0.3, 0.4) is 0 Å². The molecule has 0 bridgehead atoms. The van der Waals surface area contributed by atoms with Crippen LogP contribution in [0.2, 0.25) is 0 Å². The van der Waals surface area contributed by atoms with Gasteiger partial charge in [0.25, 0.3) is 0 Å². The highest BCUT2D eigenvalue weighted by Crippen LogP contribution is 2.34. The number of hydrogen-bond donors (Lipinski definition) is 2. The highest BCUT2D eigenvalue weighted by molar-refractivity contribution is 5.60. The zero-order valence-corrected chi connectivity index (χ0v) is 15.0. The monoisotopic (exact) mass is 350 g/mol. The van der Waals surface area contributed by atoms with Crippen molar-refractivity contribution in [3.63, 3.8) is 0 Å². The highest BCUT2D eigenvalue weighted by atomic mass is 15.2. The fourth-order valence-electron chi connectivity index (χ4n) is 3.34. The molecule has 0 radical (unpaired) electrons. The van der Waals surface area contributed by atoms with Crippen LogP contribution in [0.15, 0.2) is 121 Å². The number of rotatable bonds is 6. The molecule has 2 nitrogen and oxygen atoms in total. The SMILES string of the molecule is c1ccc(NC(Nc2ccccc2)(c2ccccc2)c2ccccc2)cc1. The summed E-state index contributed by atoms with van der Waals surface area (Å²) < 4.78 is 0. The average molecular weight is 350 g/mol. The fraction of sp³-hybridized carbons (Fsp3) is 0.0400. The minimum absolute atomic E-state index is 0.606. The Balaban J connectivity index is 1.90. The van der Waals surface area contributed by atoms with E-state index in [0.29, 0.717) is 0 Å². The molecule has 0 aliphatic carbocycles. The minimum atomic E-state index is -0.606. The fourth-order valence-corrected chi connectivity index (χ4v) is 3.34. The van der Waals surface area contributed by atoms with Crippen molar-refractivity contribution in [1.29, 1.82) is 0 Å². The molecule has 4 aromatic carbocycles. The molecule has 2 heteroatoms. The molecule has 4 aromatic rings. The van der Waals surface area contributed by atoms with Crippen LogP contribution in [0.1, 0.15) is 11.1 Å². The van der Waals surface area contributed by atoms with Gasteiger partial charge in [-0.1, -0.05) is 97.1 Å². The Hall–Kier alpha value is -3.52. The van der Waals surface area contributed by atoms with Gasteiger partial charge in [-0.25, -0.2) is 0 Å². The molecule has 4 rings (SSSR count). The molecule has 0 unspecified atom stereocenters. The van der Waals surface area contributed by atoms with E-state index >= 15 is 0 Å². The lowest BCUT2D eigenvalue weighted by atomic mass is 9.90. The van der Waals surface area contributed by atoms with Crippen LogP contribution >= 0.6 is 0 Å². The first kappa shape index (κ1) is 16.9. The minimum Gasteiger partial charge on any atom is -0.355 e. The van der Waals surface area contributed by atoms with E-state index in [1.165, 1.54) is 0 Å². The smallest absolute Gasteiger partial charge is 0.161 e. The predicted molar refractivity (Wildman–Crippen MR) is 114 cm³/mol. The van der Waals surface area contributed by atoms with Crippen LogP contribution in [0.4, 0.5) is 11.4 Å². The van der Waals surface area contributed by atoms with Crippen LogP contribution < -0.4 is 10.6 Å².